The van der Waals surface area contributed by atoms with Crippen LogP contribution < -0.4 is 5.32 Å². The monoisotopic (exact) mass is 462 g/mol. The predicted molar refractivity (Wildman–Crippen MR) is 119 cm³/mol. The molecule has 150 valence electrons. The van der Waals surface area contributed by atoms with Gasteiger partial charge >= 0.3 is 0 Å². The molecule has 0 aliphatic rings. The molecule has 0 fully saturated rings. The van der Waals surface area contributed by atoms with E-state index < -0.39 is 6.04 Å². The number of benzene rings is 2. The molecule has 2 amide bonds. The van der Waals surface area contributed by atoms with Crippen molar-refractivity contribution in [1.29, 1.82) is 0 Å². The Morgan fingerprint density at radius 1 is 1.04 bits per heavy atom. The Hall–Kier alpha value is -1.79. The normalized spacial score (nSPS) is 11.9. The molecule has 6 heteroatoms. The van der Waals surface area contributed by atoms with E-state index in [4.69, 9.17) is 0 Å². The minimum absolute atomic E-state index is 0.0519. The van der Waals surface area contributed by atoms with Gasteiger partial charge in [0.25, 0.3) is 0 Å². The average molecular weight is 463 g/mol. The molecule has 0 saturated carbocycles. The van der Waals surface area contributed by atoms with Gasteiger partial charge in [-0.3, -0.25) is 9.59 Å². The first kappa shape index (κ1) is 22.5. The molecule has 1 N–H and O–H groups in total. The lowest BCUT2D eigenvalue weighted by molar-refractivity contribution is -0.138. The minimum Gasteiger partial charge on any atom is -0.354 e. The van der Waals surface area contributed by atoms with Crippen molar-refractivity contribution in [2.45, 2.75) is 38.3 Å². The standard InChI is InChI=1S/C22H27BrN2O2S/c1-16(2)13-24-22(27)17(3)25(14-18-9-11-19(23)12-10-18)21(26)15-28-20-7-5-4-6-8-20/h4-12,16-17H,13-15H2,1-3H3,(H,24,27). The lowest BCUT2D eigenvalue weighted by Crippen LogP contribution is -2.48. The average Bonchev–Trinajstić information content (AvgIpc) is 2.70. The summed E-state index contributed by atoms with van der Waals surface area (Å²) < 4.78 is 0.983. The van der Waals surface area contributed by atoms with Gasteiger partial charge < -0.3 is 10.2 Å². The summed E-state index contributed by atoms with van der Waals surface area (Å²) in [5, 5.41) is 2.94. The molecule has 1 unspecified atom stereocenters. The quantitative estimate of drug-likeness (QED) is 0.547. The molecule has 2 aromatic carbocycles. The van der Waals surface area contributed by atoms with Crippen LogP contribution in [-0.2, 0) is 16.1 Å². The van der Waals surface area contributed by atoms with Gasteiger partial charge in [0.05, 0.1) is 5.75 Å². The smallest absolute Gasteiger partial charge is 0.242 e. The second-order valence-corrected chi connectivity index (χ2v) is 9.03. The number of nitrogens with one attached hydrogen (secondary N) is 1. The van der Waals surface area contributed by atoms with Crippen LogP contribution in [-0.4, -0.2) is 35.1 Å². The number of rotatable bonds is 9. The number of halogens is 1. The Labute approximate surface area is 180 Å². The maximum atomic E-state index is 13.0. The molecular weight excluding hydrogens is 436 g/mol. The third kappa shape index (κ3) is 7.32. The van der Waals surface area contributed by atoms with Crippen LogP contribution in [0.2, 0.25) is 0 Å². The first-order valence-corrected chi connectivity index (χ1v) is 11.1. The van der Waals surface area contributed by atoms with Crippen LogP contribution in [0.3, 0.4) is 0 Å². The predicted octanol–water partition coefficient (Wildman–Crippen LogP) is 4.73. The van der Waals surface area contributed by atoms with Gasteiger partial charge in [-0.05, 0) is 42.7 Å². The van der Waals surface area contributed by atoms with Crippen LogP contribution in [0.1, 0.15) is 26.3 Å². The molecule has 0 spiro atoms. The molecule has 4 nitrogen and oxygen atoms in total. The van der Waals surface area contributed by atoms with E-state index in [1.54, 1.807) is 11.8 Å². The number of carbonyl (C=O) groups is 2. The number of hydrogen-bond acceptors (Lipinski definition) is 3. The summed E-state index contributed by atoms with van der Waals surface area (Å²) in [6.45, 7) is 6.89. The fraction of sp³-hybridized carbons (Fsp3) is 0.364. The molecule has 0 aromatic heterocycles. The molecule has 0 heterocycles. The van der Waals surface area contributed by atoms with Crippen molar-refractivity contribution in [1.82, 2.24) is 10.2 Å². The Kier molecular flexibility index (Phi) is 9.06. The van der Waals surface area contributed by atoms with Crippen molar-refractivity contribution in [3.05, 3.63) is 64.6 Å². The summed E-state index contributed by atoms with van der Waals surface area (Å²) in [6, 6.07) is 17.1. The number of thioether (sulfide) groups is 1. The van der Waals surface area contributed by atoms with Crippen LogP contribution in [0, 0.1) is 5.92 Å². The minimum atomic E-state index is -0.536. The van der Waals surface area contributed by atoms with Crippen molar-refractivity contribution in [2.24, 2.45) is 5.92 Å². The maximum Gasteiger partial charge on any atom is 0.242 e. The first-order chi connectivity index (χ1) is 13.4. The van der Waals surface area contributed by atoms with Crippen molar-refractivity contribution in [2.75, 3.05) is 12.3 Å². The Morgan fingerprint density at radius 3 is 2.29 bits per heavy atom. The second-order valence-electron chi connectivity index (χ2n) is 7.06. The van der Waals surface area contributed by atoms with Crippen molar-refractivity contribution >= 4 is 39.5 Å². The fourth-order valence-corrected chi connectivity index (χ4v) is 3.64. The highest BCUT2D eigenvalue weighted by Gasteiger charge is 2.26. The molecule has 1 atom stereocenters. The summed E-state index contributed by atoms with van der Waals surface area (Å²) in [5.41, 5.74) is 0.991. The van der Waals surface area contributed by atoms with Gasteiger partial charge in [-0.15, -0.1) is 11.8 Å². The molecule has 28 heavy (non-hydrogen) atoms. The summed E-state index contributed by atoms with van der Waals surface area (Å²) in [4.78, 5) is 28.3. The summed E-state index contributed by atoms with van der Waals surface area (Å²) in [7, 11) is 0. The SMILES string of the molecule is CC(C)CNC(=O)C(C)N(Cc1ccc(Br)cc1)C(=O)CSc1ccccc1. The molecular formula is C22H27BrN2O2S. The highest BCUT2D eigenvalue weighted by molar-refractivity contribution is 9.10. The Bertz CT molecular complexity index is 766. The van der Waals surface area contributed by atoms with Gasteiger partial charge in [0.1, 0.15) is 6.04 Å². The van der Waals surface area contributed by atoms with Crippen molar-refractivity contribution in [3.8, 4) is 0 Å². The topological polar surface area (TPSA) is 49.4 Å². The van der Waals surface area contributed by atoms with E-state index in [-0.39, 0.29) is 11.8 Å². The van der Waals surface area contributed by atoms with Crippen LogP contribution in [0.4, 0.5) is 0 Å². The van der Waals surface area contributed by atoms with E-state index in [1.807, 2.05) is 68.4 Å². The number of amides is 2. The zero-order valence-electron chi connectivity index (χ0n) is 16.5. The second kappa shape index (κ2) is 11.3. The Morgan fingerprint density at radius 2 is 1.68 bits per heavy atom. The maximum absolute atomic E-state index is 13.0. The highest BCUT2D eigenvalue weighted by atomic mass is 79.9. The molecule has 2 aromatic rings. The summed E-state index contributed by atoms with van der Waals surface area (Å²) in [5.74, 6) is 0.482. The van der Waals surface area contributed by atoms with Gasteiger partial charge in [-0.2, -0.15) is 0 Å². The largest absolute Gasteiger partial charge is 0.354 e. The summed E-state index contributed by atoms with van der Waals surface area (Å²) >= 11 is 4.92. The lowest BCUT2D eigenvalue weighted by atomic mass is 10.1. The van der Waals surface area contributed by atoms with Gasteiger partial charge in [0, 0.05) is 22.5 Å². The van der Waals surface area contributed by atoms with Crippen molar-refractivity contribution in [3.63, 3.8) is 0 Å². The number of nitrogens with zero attached hydrogens (tertiary/aromatic N) is 1. The van der Waals surface area contributed by atoms with Gasteiger partial charge in [0.2, 0.25) is 11.8 Å². The molecule has 0 bridgehead atoms. The van der Waals surface area contributed by atoms with E-state index in [1.165, 1.54) is 11.8 Å². The van der Waals surface area contributed by atoms with E-state index >= 15 is 0 Å². The van der Waals surface area contributed by atoms with E-state index in [2.05, 4.69) is 21.2 Å². The van der Waals surface area contributed by atoms with Crippen LogP contribution in [0.25, 0.3) is 0 Å². The van der Waals surface area contributed by atoms with Gasteiger partial charge in [-0.1, -0.05) is 60.1 Å². The molecule has 0 radical (unpaired) electrons. The lowest BCUT2D eigenvalue weighted by Gasteiger charge is -2.29. The van der Waals surface area contributed by atoms with Crippen LogP contribution in [0.5, 0.6) is 0 Å². The number of hydrogen-bond donors (Lipinski definition) is 1. The van der Waals surface area contributed by atoms with Gasteiger partial charge in [-0.25, -0.2) is 0 Å². The van der Waals surface area contributed by atoms with E-state index in [0.717, 1.165) is 14.9 Å². The molecule has 2 rings (SSSR count). The van der Waals surface area contributed by atoms with Gasteiger partial charge in [0.15, 0.2) is 0 Å². The third-order valence-electron chi connectivity index (χ3n) is 4.22. The molecule has 0 aliphatic heterocycles. The van der Waals surface area contributed by atoms with Crippen LogP contribution in [0.15, 0.2) is 64.0 Å². The summed E-state index contributed by atoms with van der Waals surface area (Å²) in [6.07, 6.45) is 0. The zero-order valence-corrected chi connectivity index (χ0v) is 18.9. The highest BCUT2D eigenvalue weighted by Crippen LogP contribution is 2.20. The molecule has 0 saturated heterocycles. The van der Waals surface area contributed by atoms with E-state index in [0.29, 0.717) is 24.8 Å². The van der Waals surface area contributed by atoms with E-state index in [9.17, 15) is 9.59 Å². The fourth-order valence-electron chi connectivity index (χ4n) is 2.57. The third-order valence-corrected chi connectivity index (χ3v) is 5.75. The zero-order chi connectivity index (χ0) is 20.5. The number of carbonyl (C=O) groups excluding carboxylic acids is 2. The Balaban J connectivity index is 2.10. The molecule has 0 aliphatic carbocycles. The van der Waals surface area contributed by atoms with Crippen molar-refractivity contribution < 1.29 is 9.59 Å². The van der Waals surface area contributed by atoms with Crippen LogP contribution >= 0.6 is 27.7 Å². The first-order valence-electron chi connectivity index (χ1n) is 9.36.